The molecule has 0 radical (unpaired) electrons. The fourth-order valence-electron chi connectivity index (χ4n) is 3.61. The van der Waals surface area contributed by atoms with Crippen molar-refractivity contribution in [2.45, 2.75) is 57.2 Å². The Labute approximate surface area is 137 Å². The van der Waals surface area contributed by atoms with E-state index in [9.17, 15) is 4.79 Å². The van der Waals surface area contributed by atoms with Crippen LogP contribution in [0.1, 0.15) is 44.3 Å². The zero-order valence-corrected chi connectivity index (χ0v) is 13.6. The van der Waals surface area contributed by atoms with Gasteiger partial charge >= 0.3 is 6.03 Å². The molecule has 1 saturated heterocycles. The van der Waals surface area contributed by atoms with E-state index in [1.165, 1.54) is 25.7 Å². The third-order valence-corrected chi connectivity index (χ3v) is 5.21. The van der Waals surface area contributed by atoms with Crippen molar-refractivity contribution < 1.29 is 13.9 Å². The average Bonchev–Trinajstić information content (AvgIpc) is 3.47. The highest BCUT2D eigenvalue weighted by Crippen LogP contribution is 2.44. The number of rotatable bonds is 7. The molecule has 0 spiro atoms. The van der Waals surface area contributed by atoms with Crippen molar-refractivity contribution >= 4 is 6.03 Å². The fraction of sp³-hybridized carbons (Fsp3) is 0.722. The molecule has 2 saturated carbocycles. The lowest BCUT2D eigenvalue weighted by atomic mass is 10.1. The number of hydrogen-bond donors (Lipinski definition) is 1. The minimum atomic E-state index is 0.0423. The summed E-state index contributed by atoms with van der Waals surface area (Å²) in [7, 11) is 0. The Balaban J connectivity index is 1.40. The van der Waals surface area contributed by atoms with Crippen molar-refractivity contribution in [1.29, 1.82) is 0 Å². The highest BCUT2D eigenvalue weighted by atomic mass is 16.5. The van der Waals surface area contributed by atoms with Crippen LogP contribution < -0.4 is 5.32 Å². The van der Waals surface area contributed by atoms with Gasteiger partial charge in [0.2, 0.25) is 0 Å². The van der Waals surface area contributed by atoms with Crippen LogP contribution in [0.5, 0.6) is 0 Å². The van der Waals surface area contributed by atoms with Crippen LogP contribution >= 0.6 is 0 Å². The van der Waals surface area contributed by atoms with E-state index < -0.39 is 0 Å². The number of carbonyl (C=O) groups is 1. The molecule has 2 aliphatic carbocycles. The third kappa shape index (κ3) is 3.89. The summed E-state index contributed by atoms with van der Waals surface area (Å²) in [6.45, 7) is 1.98. The summed E-state index contributed by atoms with van der Waals surface area (Å²) >= 11 is 0. The van der Waals surface area contributed by atoms with Gasteiger partial charge in [-0.25, -0.2) is 4.79 Å². The Morgan fingerprint density at radius 1 is 1.26 bits per heavy atom. The minimum Gasteiger partial charge on any atom is -0.467 e. The summed E-state index contributed by atoms with van der Waals surface area (Å²) in [4.78, 5) is 14.7. The largest absolute Gasteiger partial charge is 0.467 e. The molecule has 4 rings (SSSR count). The van der Waals surface area contributed by atoms with Crippen LogP contribution in [-0.4, -0.2) is 36.2 Å². The van der Waals surface area contributed by atoms with Gasteiger partial charge in [-0.05, 0) is 62.5 Å². The number of nitrogens with zero attached hydrogens (tertiary/aromatic N) is 1. The molecule has 3 fully saturated rings. The van der Waals surface area contributed by atoms with Crippen molar-refractivity contribution in [3.63, 3.8) is 0 Å². The molecule has 1 N–H and O–H groups in total. The third-order valence-electron chi connectivity index (χ3n) is 5.21. The lowest BCUT2D eigenvalue weighted by Gasteiger charge is -2.28. The highest BCUT2D eigenvalue weighted by Gasteiger charge is 2.42. The molecule has 1 aromatic heterocycles. The Bertz CT molecular complexity index is 504. The van der Waals surface area contributed by atoms with E-state index in [0.29, 0.717) is 31.0 Å². The average molecular weight is 318 g/mol. The molecule has 126 valence electrons. The van der Waals surface area contributed by atoms with Crippen LogP contribution in [0, 0.1) is 11.8 Å². The van der Waals surface area contributed by atoms with Crippen molar-refractivity contribution in [3.05, 3.63) is 24.2 Å². The van der Waals surface area contributed by atoms with Crippen LogP contribution in [0.3, 0.4) is 0 Å². The first-order chi connectivity index (χ1) is 11.3. The van der Waals surface area contributed by atoms with E-state index in [0.717, 1.165) is 25.2 Å². The summed E-state index contributed by atoms with van der Waals surface area (Å²) in [5.74, 6) is 2.24. The number of nitrogens with one attached hydrogen (secondary N) is 1. The first-order valence-electron chi connectivity index (χ1n) is 8.99. The van der Waals surface area contributed by atoms with Crippen LogP contribution in [0.2, 0.25) is 0 Å². The number of ether oxygens (including phenoxy) is 1. The van der Waals surface area contributed by atoms with E-state index >= 15 is 0 Å². The smallest absolute Gasteiger partial charge is 0.318 e. The maximum atomic E-state index is 12.8. The summed E-state index contributed by atoms with van der Waals surface area (Å²) in [6.07, 6.45) is 9.03. The molecule has 0 bridgehead atoms. The highest BCUT2D eigenvalue weighted by molar-refractivity contribution is 5.74. The van der Waals surface area contributed by atoms with Crippen molar-refractivity contribution in [2.75, 3.05) is 13.2 Å². The number of hydrogen-bond acceptors (Lipinski definition) is 3. The zero-order chi connectivity index (χ0) is 15.6. The number of urea groups is 1. The minimum absolute atomic E-state index is 0.0423. The predicted molar refractivity (Wildman–Crippen MR) is 85.9 cm³/mol. The van der Waals surface area contributed by atoms with Gasteiger partial charge in [-0.15, -0.1) is 0 Å². The SMILES string of the molecule is O=C(NC(C1CC1)C1CC1)N(Cc1ccco1)C[C@@H]1CCCO1. The van der Waals surface area contributed by atoms with E-state index in [2.05, 4.69) is 5.32 Å². The molecule has 2 amide bonds. The molecule has 1 atom stereocenters. The van der Waals surface area contributed by atoms with E-state index in [1.807, 2.05) is 17.0 Å². The number of carbonyl (C=O) groups excluding carboxylic acids is 1. The molecule has 2 heterocycles. The van der Waals surface area contributed by atoms with Crippen LogP contribution in [0.15, 0.2) is 22.8 Å². The fourth-order valence-corrected chi connectivity index (χ4v) is 3.61. The maximum absolute atomic E-state index is 12.8. The molecule has 0 aromatic carbocycles. The molecule has 5 nitrogen and oxygen atoms in total. The van der Waals surface area contributed by atoms with Gasteiger partial charge in [0.05, 0.1) is 18.9 Å². The number of amides is 2. The van der Waals surface area contributed by atoms with Crippen molar-refractivity contribution in [2.24, 2.45) is 11.8 Å². The Kier molecular flexibility index (Phi) is 4.29. The summed E-state index contributed by atoms with van der Waals surface area (Å²) in [6, 6.07) is 4.22. The van der Waals surface area contributed by atoms with Crippen molar-refractivity contribution in [1.82, 2.24) is 10.2 Å². The molecule has 3 aliphatic rings. The van der Waals surface area contributed by atoms with E-state index in [-0.39, 0.29) is 12.1 Å². The first kappa shape index (κ1) is 15.1. The Morgan fingerprint density at radius 2 is 2.04 bits per heavy atom. The van der Waals surface area contributed by atoms with Gasteiger partial charge in [0.15, 0.2) is 0 Å². The zero-order valence-electron chi connectivity index (χ0n) is 13.6. The summed E-state index contributed by atoms with van der Waals surface area (Å²) in [5, 5.41) is 3.32. The van der Waals surface area contributed by atoms with Gasteiger partial charge in [0, 0.05) is 19.2 Å². The molecule has 1 aromatic rings. The standard InChI is InChI=1S/C18H26N2O3/c21-18(19-17(13-5-6-13)14-7-8-14)20(11-15-3-1-9-22-15)12-16-4-2-10-23-16/h1,3,9,13-14,16-17H,2,4-8,10-12H2,(H,19,21)/t16-/m0/s1. The van der Waals surface area contributed by atoms with Gasteiger partial charge in [-0.1, -0.05) is 0 Å². The topological polar surface area (TPSA) is 54.7 Å². The van der Waals surface area contributed by atoms with Crippen LogP contribution in [0.4, 0.5) is 4.79 Å². The van der Waals surface area contributed by atoms with Gasteiger partial charge in [0.1, 0.15) is 5.76 Å². The Hall–Kier alpha value is -1.49. The summed E-state index contributed by atoms with van der Waals surface area (Å²) < 4.78 is 11.2. The Morgan fingerprint density at radius 3 is 2.61 bits per heavy atom. The molecule has 23 heavy (non-hydrogen) atoms. The summed E-state index contributed by atoms with van der Waals surface area (Å²) in [5.41, 5.74) is 0. The molecular formula is C18H26N2O3. The van der Waals surface area contributed by atoms with Gasteiger partial charge in [-0.2, -0.15) is 0 Å². The second kappa shape index (κ2) is 6.56. The maximum Gasteiger partial charge on any atom is 0.318 e. The van der Waals surface area contributed by atoms with Gasteiger partial charge < -0.3 is 19.4 Å². The second-order valence-electron chi connectivity index (χ2n) is 7.25. The molecular weight excluding hydrogens is 292 g/mol. The molecule has 1 aliphatic heterocycles. The monoisotopic (exact) mass is 318 g/mol. The van der Waals surface area contributed by atoms with Crippen molar-refractivity contribution in [3.8, 4) is 0 Å². The van der Waals surface area contributed by atoms with E-state index in [1.54, 1.807) is 6.26 Å². The second-order valence-corrected chi connectivity index (χ2v) is 7.25. The normalized spacial score (nSPS) is 24.1. The number of furan rings is 1. The predicted octanol–water partition coefficient (Wildman–Crippen LogP) is 3.16. The van der Waals surface area contributed by atoms with Crippen LogP contribution in [-0.2, 0) is 11.3 Å². The van der Waals surface area contributed by atoms with Gasteiger partial charge in [-0.3, -0.25) is 0 Å². The lowest BCUT2D eigenvalue weighted by molar-refractivity contribution is 0.0767. The van der Waals surface area contributed by atoms with E-state index in [4.69, 9.17) is 9.15 Å². The quantitative estimate of drug-likeness (QED) is 0.840. The van der Waals surface area contributed by atoms with Gasteiger partial charge in [0.25, 0.3) is 0 Å². The van der Waals surface area contributed by atoms with Crippen LogP contribution in [0.25, 0.3) is 0 Å². The first-order valence-corrected chi connectivity index (χ1v) is 8.99. The molecule has 5 heteroatoms. The molecule has 0 unspecified atom stereocenters. The lowest BCUT2D eigenvalue weighted by Crippen LogP contribution is -2.48.